The van der Waals surface area contributed by atoms with Gasteiger partial charge in [-0.3, -0.25) is 19.2 Å². The summed E-state index contributed by atoms with van der Waals surface area (Å²) in [4.78, 5) is 62.1. The predicted molar refractivity (Wildman–Crippen MR) is 159 cm³/mol. The van der Waals surface area contributed by atoms with E-state index in [0.29, 0.717) is 5.56 Å². The van der Waals surface area contributed by atoms with E-state index in [0.717, 1.165) is 16.7 Å². The number of nitrogens with one attached hydrogen (secondary N) is 2. The number of hydrogen-bond acceptors (Lipinski definition) is 7. The fourth-order valence-corrected chi connectivity index (χ4v) is 4.13. The van der Waals surface area contributed by atoms with Crippen LogP contribution in [-0.2, 0) is 19.1 Å². The normalized spacial score (nSPS) is 10.5. The second-order valence-corrected chi connectivity index (χ2v) is 9.61. The first-order valence-corrected chi connectivity index (χ1v) is 13.5. The molecule has 218 valence electrons. The summed E-state index contributed by atoms with van der Waals surface area (Å²) in [5.74, 6) is -3.13. The number of rotatable bonds is 12. The van der Waals surface area contributed by atoms with Crippen molar-refractivity contribution in [3.63, 3.8) is 0 Å². The third kappa shape index (κ3) is 8.96. The molecule has 9 heteroatoms. The topological polar surface area (TPSA) is 128 Å². The Labute approximate surface area is 248 Å². The van der Waals surface area contributed by atoms with Crippen LogP contribution in [0.3, 0.4) is 0 Å². The minimum atomic E-state index is -0.817. The van der Waals surface area contributed by atoms with Crippen molar-refractivity contribution < 1.29 is 33.4 Å². The van der Waals surface area contributed by atoms with Crippen LogP contribution in [0.1, 0.15) is 43.3 Å². The molecule has 4 aromatic rings. The monoisotopic (exact) mass is 578 g/mol. The highest BCUT2D eigenvalue weighted by atomic mass is 16.5. The van der Waals surface area contributed by atoms with E-state index < -0.39 is 42.7 Å². The number of carbonyl (C=O) groups is 5. The zero-order valence-electron chi connectivity index (χ0n) is 23.4. The maximum Gasteiger partial charge on any atom is 0.343 e. The van der Waals surface area contributed by atoms with Gasteiger partial charge >= 0.3 is 11.9 Å². The summed E-state index contributed by atoms with van der Waals surface area (Å²) < 4.78 is 10.3. The molecule has 0 bridgehead atoms. The molecular weight excluding hydrogens is 548 g/mol. The van der Waals surface area contributed by atoms with Gasteiger partial charge in [-0.25, -0.2) is 4.79 Å². The maximum absolute atomic E-state index is 13.0. The summed E-state index contributed by atoms with van der Waals surface area (Å²) >= 11 is 0. The molecule has 0 aliphatic carbocycles. The van der Waals surface area contributed by atoms with Crippen LogP contribution in [0.4, 0.5) is 0 Å². The minimum absolute atomic E-state index is 0.251. The molecule has 0 fully saturated rings. The van der Waals surface area contributed by atoms with Crippen LogP contribution in [0.5, 0.6) is 5.75 Å². The van der Waals surface area contributed by atoms with Gasteiger partial charge in [0.25, 0.3) is 0 Å². The van der Waals surface area contributed by atoms with Crippen molar-refractivity contribution in [2.24, 2.45) is 0 Å². The standard InChI is InChI=1S/C34H30N2O7/c1-23-12-14-27(15-13-23)34(41)43-28-18-16-24(17-19-28)29(37)22-42-31(39)21-35-30(38)20-36-33(40)32(25-8-4-2-5-9-25)26-10-6-3-7-11-26/h2-19,32H,20-22H2,1H3,(H,35,38)(H,36,40). The number of hydrogen-bond donors (Lipinski definition) is 2. The molecule has 0 aromatic heterocycles. The fraction of sp³-hybridized carbons (Fsp3) is 0.147. The largest absolute Gasteiger partial charge is 0.456 e. The number of benzene rings is 4. The van der Waals surface area contributed by atoms with Gasteiger partial charge in [0.2, 0.25) is 11.8 Å². The van der Waals surface area contributed by atoms with Gasteiger partial charge in [-0.15, -0.1) is 0 Å². The first kappa shape index (κ1) is 30.4. The summed E-state index contributed by atoms with van der Waals surface area (Å²) in [5.41, 5.74) is 3.22. The first-order valence-electron chi connectivity index (χ1n) is 13.5. The van der Waals surface area contributed by atoms with E-state index in [1.54, 1.807) is 24.3 Å². The van der Waals surface area contributed by atoms with Crippen LogP contribution in [0.25, 0.3) is 0 Å². The number of ether oxygens (including phenoxy) is 2. The molecule has 0 saturated heterocycles. The lowest BCUT2D eigenvalue weighted by molar-refractivity contribution is -0.142. The van der Waals surface area contributed by atoms with Crippen LogP contribution in [0, 0.1) is 6.92 Å². The zero-order valence-corrected chi connectivity index (χ0v) is 23.4. The molecule has 2 amide bonds. The van der Waals surface area contributed by atoms with Gasteiger partial charge in [0.1, 0.15) is 12.3 Å². The van der Waals surface area contributed by atoms with Crippen molar-refractivity contribution in [1.82, 2.24) is 10.6 Å². The Morgan fingerprint density at radius 1 is 0.651 bits per heavy atom. The van der Waals surface area contributed by atoms with Gasteiger partial charge in [-0.1, -0.05) is 78.4 Å². The van der Waals surface area contributed by atoms with Gasteiger partial charge in [-0.05, 0) is 54.4 Å². The number of aryl methyl sites for hydroxylation is 1. The molecule has 0 radical (unpaired) electrons. The molecule has 0 heterocycles. The van der Waals surface area contributed by atoms with E-state index in [-0.39, 0.29) is 23.8 Å². The number of ketones is 1. The highest BCUT2D eigenvalue weighted by Crippen LogP contribution is 2.24. The smallest absolute Gasteiger partial charge is 0.343 e. The van der Waals surface area contributed by atoms with Crippen LogP contribution < -0.4 is 15.4 Å². The summed E-state index contributed by atoms with van der Waals surface area (Å²) in [5, 5.41) is 4.99. The third-order valence-electron chi connectivity index (χ3n) is 6.42. The summed E-state index contributed by atoms with van der Waals surface area (Å²) in [6.45, 7) is 0.553. The van der Waals surface area contributed by atoms with Crippen molar-refractivity contribution in [2.45, 2.75) is 12.8 Å². The lowest BCUT2D eigenvalue weighted by Crippen LogP contribution is -2.41. The van der Waals surface area contributed by atoms with Crippen LogP contribution >= 0.6 is 0 Å². The lowest BCUT2D eigenvalue weighted by atomic mass is 9.90. The summed E-state index contributed by atoms with van der Waals surface area (Å²) in [6, 6.07) is 31.2. The summed E-state index contributed by atoms with van der Waals surface area (Å²) in [7, 11) is 0. The molecule has 9 nitrogen and oxygen atoms in total. The van der Waals surface area contributed by atoms with Crippen molar-refractivity contribution in [2.75, 3.05) is 19.7 Å². The SMILES string of the molecule is Cc1ccc(C(=O)Oc2ccc(C(=O)COC(=O)CNC(=O)CNC(=O)C(c3ccccc3)c3ccccc3)cc2)cc1. The molecule has 0 aliphatic heterocycles. The van der Waals surface area contributed by atoms with Crippen molar-refractivity contribution in [1.29, 1.82) is 0 Å². The maximum atomic E-state index is 13.0. The fourth-order valence-electron chi connectivity index (χ4n) is 4.13. The van der Waals surface area contributed by atoms with Gasteiger partial charge in [0.15, 0.2) is 12.4 Å². The Kier molecular flexibility index (Phi) is 10.5. The van der Waals surface area contributed by atoms with Gasteiger partial charge in [0, 0.05) is 5.56 Å². The van der Waals surface area contributed by atoms with Crippen LogP contribution in [-0.4, -0.2) is 49.2 Å². The second-order valence-electron chi connectivity index (χ2n) is 9.61. The second kappa shape index (κ2) is 14.9. The van der Waals surface area contributed by atoms with Crippen molar-refractivity contribution in [3.8, 4) is 5.75 Å². The quantitative estimate of drug-likeness (QED) is 0.148. The number of Topliss-reactive ketones (excluding diaryl/α,β-unsaturated/α-hetero) is 1. The molecule has 0 aliphatic rings. The molecule has 43 heavy (non-hydrogen) atoms. The van der Waals surface area contributed by atoms with Crippen LogP contribution in [0.15, 0.2) is 109 Å². The Morgan fingerprint density at radius 3 is 1.79 bits per heavy atom. The van der Waals surface area contributed by atoms with Crippen LogP contribution in [0.2, 0.25) is 0 Å². The number of carbonyl (C=O) groups excluding carboxylic acids is 5. The first-order chi connectivity index (χ1) is 20.8. The molecule has 2 N–H and O–H groups in total. The Bertz CT molecular complexity index is 1530. The van der Waals surface area contributed by atoms with Gasteiger partial charge < -0.3 is 20.1 Å². The van der Waals surface area contributed by atoms with E-state index in [2.05, 4.69) is 10.6 Å². The molecule has 0 spiro atoms. The molecule has 0 atom stereocenters. The molecular formula is C34H30N2O7. The highest BCUT2D eigenvalue weighted by Gasteiger charge is 2.23. The molecule has 0 saturated carbocycles. The Morgan fingerprint density at radius 2 is 1.21 bits per heavy atom. The van der Waals surface area contributed by atoms with E-state index >= 15 is 0 Å². The Hall–Kier alpha value is -5.57. The zero-order chi connectivity index (χ0) is 30.6. The predicted octanol–water partition coefficient (Wildman–Crippen LogP) is 4.00. The number of amides is 2. The third-order valence-corrected chi connectivity index (χ3v) is 6.42. The van der Waals surface area contributed by atoms with E-state index in [1.807, 2.05) is 67.6 Å². The molecule has 4 rings (SSSR count). The Balaban J connectivity index is 1.19. The molecule has 0 unspecified atom stereocenters. The van der Waals surface area contributed by atoms with E-state index in [9.17, 15) is 24.0 Å². The van der Waals surface area contributed by atoms with E-state index in [1.165, 1.54) is 24.3 Å². The number of esters is 2. The van der Waals surface area contributed by atoms with Gasteiger partial charge in [0.05, 0.1) is 18.0 Å². The van der Waals surface area contributed by atoms with E-state index in [4.69, 9.17) is 9.47 Å². The lowest BCUT2D eigenvalue weighted by Gasteiger charge is -2.17. The van der Waals surface area contributed by atoms with Gasteiger partial charge in [-0.2, -0.15) is 0 Å². The van der Waals surface area contributed by atoms with Crippen molar-refractivity contribution >= 4 is 29.5 Å². The highest BCUT2D eigenvalue weighted by molar-refractivity contribution is 5.98. The average molecular weight is 579 g/mol. The summed E-state index contributed by atoms with van der Waals surface area (Å²) in [6.07, 6.45) is 0. The minimum Gasteiger partial charge on any atom is -0.456 e. The average Bonchev–Trinajstić information content (AvgIpc) is 3.03. The van der Waals surface area contributed by atoms with Crippen molar-refractivity contribution in [3.05, 3.63) is 137 Å². The molecule has 4 aromatic carbocycles.